The van der Waals surface area contributed by atoms with Crippen LogP contribution in [0.25, 0.3) is 0 Å². The molecule has 1 saturated carbocycles. The maximum atomic E-state index is 12.5. The van der Waals surface area contributed by atoms with Gasteiger partial charge in [-0.15, -0.1) is 12.4 Å². The van der Waals surface area contributed by atoms with Crippen molar-refractivity contribution in [2.24, 2.45) is 0 Å². The van der Waals surface area contributed by atoms with Crippen molar-refractivity contribution in [3.8, 4) is 0 Å². The highest BCUT2D eigenvalue weighted by atomic mass is 35.5. The lowest BCUT2D eigenvalue weighted by molar-refractivity contribution is -0.116. The van der Waals surface area contributed by atoms with E-state index in [9.17, 15) is 9.59 Å². The van der Waals surface area contributed by atoms with Gasteiger partial charge in [0.05, 0.1) is 0 Å². The molecule has 2 amide bonds. The van der Waals surface area contributed by atoms with Gasteiger partial charge in [-0.05, 0) is 61.6 Å². The topological polar surface area (TPSA) is 84.2 Å². The van der Waals surface area contributed by atoms with Gasteiger partial charge in [-0.1, -0.05) is 37.5 Å². The third-order valence-corrected chi connectivity index (χ3v) is 5.38. The van der Waals surface area contributed by atoms with E-state index in [1.54, 1.807) is 12.1 Å². The van der Waals surface area contributed by atoms with Crippen molar-refractivity contribution in [3.05, 3.63) is 59.2 Å². The molecular weight excluding hydrogens is 386 g/mol. The quantitative estimate of drug-likeness (QED) is 0.601. The van der Waals surface area contributed by atoms with Crippen LogP contribution in [0.15, 0.2) is 42.5 Å². The van der Waals surface area contributed by atoms with E-state index in [1.807, 2.05) is 37.3 Å². The summed E-state index contributed by atoms with van der Waals surface area (Å²) in [6, 6.07) is 13.3. The zero-order chi connectivity index (χ0) is 19.9. The molecule has 0 aliphatic heterocycles. The third kappa shape index (κ3) is 6.50. The Kier molecular flexibility index (Phi) is 8.52. The Morgan fingerprint density at radius 2 is 1.79 bits per heavy atom. The van der Waals surface area contributed by atoms with E-state index in [0.29, 0.717) is 24.1 Å². The number of nitrogens with one attached hydrogen (secondary N) is 2. The molecule has 1 fully saturated rings. The molecule has 0 aromatic heterocycles. The van der Waals surface area contributed by atoms with Gasteiger partial charge in [0, 0.05) is 29.4 Å². The number of aryl methyl sites for hydroxylation is 2. The molecule has 2 aromatic rings. The molecule has 1 aliphatic carbocycles. The fourth-order valence-electron chi connectivity index (χ4n) is 3.68. The van der Waals surface area contributed by atoms with Gasteiger partial charge >= 0.3 is 0 Å². The van der Waals surface area contributed by atoms with Crippen molar-refractivity contribution < 1.29 is 9.59 Å². The summed E-state index contributed by atoms with van der Waals surface area (Å²) in [5.41, 5.74) is 9.86. The third-order valence-electron chi connectivity index (χ3n) is 5.38. The van der Waals surface area contributed by atoms with E-state index >= 15 is 0 Å². The van der Waals surface area contributed by atoms with Gasteiger partial charge in [0.25, 0.3) is 5.91 Å². The standard InChI is InChI=1S/C23H29N3O2.ClH/c1-16-15-18(23(28)25-19-8-3-2-4-9-19)11-13-21(16)26-22(27)14-12-17-7-5-6-10-20(17)24;/h5-7,10-11,13,15,19H,2-4,8-9,12,14,24H2,1H3,(H,25,28)(H,26,27);1H. The fraction of sp³-hybridized carbons (Fsp3) is 0.391. The highest BCUT2D eigenvalue weighted by molar-refractivity contribution is 5.96. The summed E-state index contributed by atoms with van der Waals surface area (Å²) in [4.78, 5) is 24.8. The van der Waals surface area contributed by atoms with Crippen molar-refractivity contribution in [2.45, 2.75) is 57.9 Å². The number of hydrogen-bond acceptors (Lipinski definition) is 3. The maximum absolute atomic E-state index is 12.5. The first-order valence-electron chi connectivity index (χ1n) is 10.1. The molecule has 1 aliphatic rings. The first-order chi connectivity index (χ1) is 13.5. The number of para-hydroxylation sites is 1. The zero-order valence-corrected chi connectivity index (χ0v) is 17.7. The summed E-state index contributed by atoms with van der Waals surface area (Å²) in [5, 5.41) is 6.06. The van der Waals surface area contributed by atoms with Crippen LogP contribution in [0.3, 0.4) is 0 Å². The minimum Gasteiger partial charge on any atom is -0.399 e. The predicted octanol–water partition coefficient (Wildman–Crippen LogP) is 4.63. The number of hydrogen-bond donors (Lipinski definition) is 3. The minimum absolute atomic E-state index is 0. The van der Waals surface area contributed by atoms with E-state index in [2.05, 4.69) is 10.6 Å². The molecule has 156 valence electrons. The van der Waals surface area contributed by atoms with E-state index in [0.717, 1.165) is 29.7 Å². The first kappa shape index (κ1) is 22.8. The van der Waals surface area contributed by atoms with Gasteiger partial charge in [-0.3, -0.25) is 9.59 Å². The number of halogens is 1. The molecular formula is C23H30ClN3O2. The second-order valence-electron chi connectivity index (χ2n) is 7.59. The number of nitrogens with two attached hydrogens (primary N) is 1. The van der Waals surface area contributed by atoms with Crippen molar-refractivity contribution in [2.75, 3.05) is 11.1 Å². The lowest BCUT2D eigenvalue weighted by atomic mass is 9.95. The summed E-state index contributed by atoms with van der Waals surface area (Å²) in [6.07, 6.45) is 6.70. The second kappa shape index (κ2) is 10.9. The number of anilines is 2. The Bertz CT molecular complexity index is 848. The Balaban J connectivity index is 0.00000300. The van der Waals surface area contributed by atoms with Crippen LogP contribution in [0.4, 0.5) is 11.4 Å². The summed E-state index contributed by atoms with van der Waals surface area (Å²) >= 11 is 0. The fourth-order valence-corrected chi connectivity index (χ4v) is 3.68. The van der Waals surface area contributed by atoms with Gasteiger partial charge in [0.15, 0.2) is 0 Å². The largest absolute Gasteiger partial charge is 0.399 e. The molecule has 5 nitrogen and oxygen atoms in total. The number of carbonyl (C=O) groups is 2. The van der Waals surface area contributed by atoms with Gasteiger partial charge in [-0.25, -0.2) is 0 Å². The molecule has 0 radical (unpaired) electrons. The highest BCUT2D eigenvalue weighted by Crippen LogP contribution is 2.20. The summed E-state index contributed by atoms with van der Waals surface area (Å²) in [7, 11) is 0. The van der Waals surface area contributed by atoms with Gasteiger partial charge < -0.3 is 16.4 Å². The number of rotatable bonds is 6. The first-order valence-corrected chi connectivity index (χ1v) is 10.1. The van der Waals surface area contributed by atoms with Crippen LogP contribution in [0.5, 0.6) is 0 Å². The molecule has 0 unspecified atom stereocenters. The van der Waals surface area contributed by atoms with Crippen LogP contribution in [0.1, 0.15) is 60.0 Å². The molecule has 4 N–H and O–H groups in total. The normalized spacial score (nSPS) is 14.0. The average Bonchev–Trinajstić information content (AvgIpc) is 2.69. The lowest BCUT2D eigenvalue weighted by Crippen LogP contribution is -2.36. The zero-order valence-electron chi connectivity index (χ0n) is 16.9. The summed E-state index contributed by atoms with van der Waals surface area (Å²) in [5.74, 6) is -0.0989. The predicted molar refractivity (Wildman–Crippen MR) is 121 cm³/mol. The molecule has 2 aromatic carbocycles. The Morgan fingerprint density at radius 1 is 1.07 bits per heavy atom. The van der Waals surface area contributed by atoms with E-state index < -0.39 is 0 Å². The van der Waals surface area contributed by atoms with Gasteiger partial charge in [0.2, 0.25) is 5.91 Å². The number of nitrogen functional groups attached to an aromatic ring is 1. The smallest absolute Gasteiger partial charge is 0.251 e. The maximum Gasteiger partial charge on any atom is 0.251 e. The van der Waals surface area contributed by atoms with E-state index in [-0.39, 0.29) is 30.3 Å². The minimum atomic E-state index is -0.0641. The summed E-state index contributed by atoms with van der Waals surface area (Å²) < 4.78 is 0. The van der Waals surface area contributed by atoms with Crippen LogP contribution >= 0.6 is 12.4 Å². The van der Waals surface area contributed by atoms with Crippen molar-refractivity contribution in [1.29, 1.82) is 0 Å². The molecule has 0 saturated heterocycles. The van der Waals surface area contributed by atoms with Crippen LogP contribution in [-0.2, 0) is 11.2 Å². The molecule has 0 spiro atoms. The molecule has 29 heavy (non-hydrogen) atoms. The summed E-state index contributed by atoms with van der Waals surface area (Å²) in [6.45, 7) is 1.90. The molecule has 0 heterocycles. The Morgan fingerprint density at radius 3 is 2.48 bits per heavy atom. The number of amides is 2. The van der Waals surface area contributed by atoms with Gasteiger partial charge in [-0.2, -0.15) is 0 Å². The Hall–Kier alpha value is -2.53. The van der Waals surface area contributed by atoms with E-state index in [1.165, 1.54) is 19.3 Å². The molecule has 6 heteroatoms. The highest BCUT2D eigenvalue weighted by Gasteiger charge is 2.17. The monoisotopic (exact) mass is 415 g/mol. The molecule has 0 bridgehead atoms. The lowest BCUT2D eigenvalue weighted by Gasteiger charge is -2.23. The van der Waals surface area contributed by atoms with E-state index in [4.69, 9.17) is 5.73 Å². The van der Waals surface area contributed by atoms with Crippen LogP contribution in [0, 0.1) is 6.92 Å². The van der Waals surface area contributed by atoms with Crippen LogP contribution in [-0.4, -0.2) is 17.9 Å². The SMILES string of the molecule is Cc1cc(C(=O)NC2CCCCC2)ccc1NC(=O)CCc1ccccc1N.Cl. The van der Waals surface area contributed by atoms with Crippen molar-refractivity contribution in [1.82, 2.24) is 5.32 Å². The van der Waals surface area contributed by atoms with Crippen molar-refractivity contribution in [3.63, 3.8) is 0 Å². The second-order valence-corrected chi connectivity index (χ2v) is 7.59. The molecule has 0 atom stereocenters. The van der Waals surface area contributed by atoms with Crippen LogP contribution < -0.4 is 16.4 Å². The molecule has 3 rings (SSSR count). The average molecular weight is 416 g/mol. The number of carbonyl (C=O) groups excluding carboxylic acids is 2. The van der Waals surface area contributed by atoms with Gasteiger partial charge in [0.1, 0.15) is 0 Å². The number of benzene rings is 2. The Labute approximate surface area is 178 Å². The van der Waals surface area contributed by atoms with Crippen LogP contribution in [0.2, 0.25) is 0 Å². The van der Waals surface area contributed by atoms with Crippen molar-refractivity contribution >= 4 is 35.6 Å².